The van der Waals surface area contributed by atoms with E-state index in [-0.39, 0.29) is 0 Å². The van der Waals surface area contributed by atoms with Gasteiger partial charge in [-0.25, -0.2) is 0 Å². The van der Waals surface area contributed by atoms with Crippen LogP contribution in [0.3, 0.4) is 0 Å². The van der Waals surface area contributed by atoms with Crippen LogP contribution in [0.2, 0.25) is 0 Å². The third-order valence-corrected chi connectivity index (χ3v) is 4.29. The molecular weight excluding hydrogens is 210 g/mol. The molecule has 92 valence electrons. The zero-order valence-corrected chi connectivity index (χ0v) is 10.5. The van der Waals surface area contributed by atoms with Crippen molar-refractivity contribution in [1.29, 1.82) is 0 Å². The van der Waals surface area contributed by atoms with Crippen molar-refractivity contribution in [2.75, 3.05) is 13.2 Å². The van der Waals surface area contributed by atoms with Gasteiger partial charge in [0.1, 0.15) is 0 Å². The summed E-state index contributed by atoms with van der Waals surface area (Å²) in [6.45, 7) is 4.23. The van der Waals surface area contributed by atoms with Gasteiger partial charge >= 0.3 is 0 Å². The van der Waals surface area contributed by atoms with Gasteiger partial charge in [-0.15, -0.1) is 0 Å². The van der Waals surface area contributed by atoms with Crippen LogP contribution in [0, 0.1) is 5.92 Å². The molecule has 17 heavy (non-hydrogen) atoms. The number of ether oxygens (including phenoxy) is 1. The molecule has 1 heterocycles. The number of rotatable bonds is 3. The lowest BCUT2D eigenvalue weighted by molar-refractivity contribution is 0.105. The fourth-order valence-electron chi connectivity index (χ4n) is 3.11. The zero-order chi connectivity index (χ0) is 11.7. The lowest BCUT2D eigenvalue weighted by Gasteiger charge is -2.19. The van der Waals surface area contributed by atoms with E-state index in [4.69, 9.17) is 4.74 Å². The monoisotopic (exact) mass is 231 g/mol. The molecule has 2 aliphatic rings. The van der Waals surface area contributed by atoms with E-state index in [9.17, 15) is 0 Å². The second-order valence-electron chi connectivity index (χ2n) is 5.32. The molecule has 1 aromatic carbocycles. The highest BCUT2D eigenvalue weighted by Gasteiger charge is 2.27. The maximum Gasteiger partial charge on any atom is 0.0588 e. The standard InChI is InChI=1S/C15H21NO/c1-11-13(8-9-17-11)10-16-15-7-6-12-4-2-3-5-14(12)15/h2-5,11,13,15-16H,6-10H2,1H3. The fraction of sp³-hybridized carbons (Fsp3) is 0.600. The number of hydrogen-bond donors (Lipinski definition) is 1. The van der Waals surface area contributed by atoms with Gasteiger partial charge in [0.15, 0.2) is 0 Å². The zero-order valence-electron chi connectivity index (χ0n) is 10.5. The molecule has 0 aromatic heterocycles. The second-order valence-corrected chi connectivity index (χ2v) is 5.32. The van der Waals surface area contributed by atoms with Crippen molar-refractivity contribution in [1.82, 2.24) is 5.32 Å². The minimum absolute atomic E-state index is 0.430. The van der Waals surface area contributed by atoms with Crippen molar-refractivity contribution in [2.45, 2.75) is 38.3 Å². The minimum Gasteiger partial charge on any atom is -0.378 e. The molecule has 1 saturated heterocycles. The van der Waals surface area contributed by atoms with Gasteiger partial charge in [-0.2, -0.15) is 0 Å². The first-order valence-electron chi connectivity index (χ1n) is 6.77. The number of hydrogen-bond acceptors (Lipinski definition) is 2. The summed E-state index contributed by atoms with van der Waals surface area (Å²) in [6.07, 6.45) is 4.12. The number of fused-ring (bicyclic) bond motifs is 1. The van der Waals surface area contributed by atoms with Gasteiger partial charge in [0.25, 0.3) is 0 Å². The molecule has 1 N–H and O–H groups in total. The van der Waals surface area contributed by atoms with Gasteiger partial charge in [-0.1, -0.05) is 24.3 Å². The topological polar surface area (TPSA) is 21.3 Å². The number of benzene rings is 1. The van der Waals surface area contributed by atoms with Crippen LogP contribution in [-0.2, 0) is 11.2 Å². The Kier molecular flexibility index (Phi) is 3.17. The Morgan fingerprint density at radius 1 is 1.29 bits per heavy atom. The van der Waals surface area contributed by atoms with E-state index < -0.39 is 0 Å². The third kappa shape index (κ3) is 2.24. The van der Waals surface area contributed by atoms with Crippen LogP contribution in [0.15, 0.2) is 24.3 Å². The first-order chi connectivity index (χ1) is 8.34. The van der Waals surface area contributed by atoms with Crippen LogP contribution in [0.25, 0.3) is 0 Å². The fourth-order valence-corrected chi connectivity index (χ4v) is 3.11. The van der Waals surface area contributed by atoms with Crippen LogP contribution in [0.5, 0.6) is 0 Å². The van der Waals surface area contributed by atoms with Crippen molar-refractivity contribution in [3.63, 3.8) is 0 Å². The molecule has 3 atom stereocenters. The molecule has 0 saturated carbocycles. The van der Waals surface area contributed by atoms with Crippen LogP contribution in [0.1, 0.15) is 36.9 Å². The van der Waals surface area contributed by atoms with Crippen molar-refractivity contribution >= 4 is 0 Å². The van der Waals surface area contributed by atoms with Gasteiger partial charge in [-0.05, 0) is 43.2 Å². The average Bonchev–Trinajstić information content (AvgIpc) is 2.93. The Balaban J connectivity index is 1.60. The van der Waals surface area contributed by atoms with Crippen LogP contribution < -0.4 is 5.32 Å². The molecule has 0 radical (unpaired) electrons. The van der Waals surface area contributed by atoms with Crippen molar-refractivity contribution in [2.24, 2.45) is 5.92 Å². The number of nitrogens with one attached hydrogen (secondary N) is 1. The Hall–Kier alpha value is -0.860. The Morgan fingerprint density at radius 3 is 3.00 bits per heavy atom. The Morgan fingerprint density at radius 2 is 2.18 bits per heavy atom. The predicted octanol–water partition coefficient (Wildman–Crippen LogP) is 2.69. The maximum atomic E-state index is 5.61. The van der Waals surface area contributed by atoms with Crippen LogP contribution in [-0.4, -0.2) is 19.3 Å². The summed E-state index contributed by atoms with van der Waals surface area (Å²) in [4.78, 5) is 0. The summed E-state index contributed by atoms with van der Waals surface area (Å²) in [5.74, 6) is 0.697. The summed E-state index contributed by atoms with van der Waals surface area (Å²) >= 11 is 0. The summed E-state index contributed by atoms with van der Waals surface area (Å²) < 4.78 is 5.61. The predicted molar refractivity (Wildman–Crippen MR) is 69.0 cm³/mol. The average molecular weight is 231 g/mol. The molecule has 0 spiro atoms. The first kappa shape index (κ1) is 11.2. The van der Waals surface area contributed by atoms with Gasteiger partial charge in [0.05, 0.1) is 6.10 Å². The Labute approximate surface area is 103 Å². The highest BCUT2D eigenvalue weighted by Crippen LogP contribution is 2.31. The van der Waals surface area contributed by atoms with E-state index in [1.165, 1.54) is 30.4 Å². The third-order valence-electron chi connectivity index (χ3n) is 4.29. The normalized spacial score (nSPS) is 31.7. The molecule has 3 unspecified atom stereocenters. The van der Waals surface area contributed by atoms with Gasteiger partial charge < -0.3 is 10.1 Å². The van der Waals surface area contributed by atoms with E-state index in [2.05, 4.69) is 36.5 Å². The number of aryl methyl sites for hydroxylation is 1. The van der Waals surface area contributed by atoms with Crippen LogP contribution >= 0.6 is 0 Å². The molecular formula is C15H21NO. The van der Waals surface area contributed by atoms with Crippen molar-refractivity contribution in [3.8, 4) is 0 Å². The molecule has 1 fully saturated rings. The highest BCUT2D eigenvalue weighted by molar-refractivity contribution is 5.34. The van der Waals surface area contributed by atoms with Crippen LogP contribution in [0.4, 0.5) is 0 Å². The molecule has 2 nitrogen and oxygen atoms in total. The van der Waals surface area contributed by atoms with Gasteiger partial charge in [0.2, 0.25) is 0 Å². The Bertz CT molecular complexity index is 390. The lowest BCUT2D eigenvalue weighted by atomic mass is 10.0. The highest BCUT2D eigenvalue weighted by atomic mass is 16.5. The summed E-state index contributed by atoms with van der Waals surface area (Å²) in [5, 5.41) is 3.73. The van der Waals surface area contributed by atoms with Gasteiger partial charge in [0, 0.05) is 19.2 Å². The molecule has 3 rings (SSSR count). The summed E-state index contributed by atoms with van der Waals surface area (Å²) in [7, 11) is 0. The second kappa shape index (κ2) is 4.79. The van der Waals surface area contributed by atoms with E-state index in [1.807, 2.05) is 0 Å². The van der Waals surface area contributed by atoms with E-state index in [0.717, 1.165) is 13.2 Å². The van der Waals surface area contributed by atoms with E-state index in [0.29, 0.717) is 18.1 Å². The molecule has 1 aliphatic carbocycles. The largest absolute Gasteiger partial charge is 0.378 e. The van der Waals surface area contributed by atoms with Gasteiger partial charge in [-0.3, -0.25) is 0 Å². The van der Waals surface area contributed by atoms with E-state index in [1.54, 1.807) is 0 Å². The molecule has 0 amide bonds. The van der Waals surface area contributed by atoms with Crippen molar-refractivity contribution in [3.05, 3.63) is 35.4 Å². The first-order valence-corrected chi connectivity index (χ1v) is 6.77. The summed E-state index contributed by atoms with van der Waals surface area (Å²) in [5.41, 5.74) is 3.04. The molecule has 1 aliphatic heterocycles. The van der Waals surface area contributed by atoms with E-state index >= 15 is 0 Å². The van der Waals surface area contributed by atoms with Crippen molar-refractivity contribution < 1.29 is 4.74 Å². The SMILES string of the molecule is CC1OCCC1CNC1CCc2ccccc21. The maximum absolute atomic E-state index is 5.61. The molecule has 0 bridgehead atoms. The quantitative estimate of drug-likeness (QED) is 0.863. The summed E-state index contributed by atoms with van der Waals surface area (Å²) in [6, 6.07) is 9.40. The molecule has 2 heteroatoms. The smallest absolute Gasteiger partial charge is 0.0588 e. The lowest BCUT2D eigenvalue weighted by Crippen LogP contribution is -2.29. The minimum atomic E-state index is 0.430. The molecule has 1 aromatic rings.